The minimum Gasteiger partial charge on any atom is -0.508 e. The molecule has 0 amide bonds. The van der Waals surface area contributed by atoms with Gasteiger partial charge in [0, 0.05) is 11.6 Å². The molecule has 136 valence electrons. The highest BCUT2D eigenvalue weighted by atomic mass is 16.5. The van der Waals surface area contributed by atoms with Crippen LogP contribution in [0.1, 0.15) is 64.3 Å². The quantitative estimate of drug-likeness (QED) is 0.621. The van der Waals surface area contributed by atoms with Crippen LogP contribution >= 0.6 is 0 Å². The number of hydrogen-bond acceptors (Lipinski definition) is 5. The Hall–Kier alpha value is -2.82. The molecule has 5 nitrogen and oxygen atoms in total. The summed E-state index contributed by atoms with van der Waals surface area (Å²) < 4.78 is 4.98. The summed E-state index contributed by atoms with van der Waals surface area (Å²) in [6.07, 6.45) is 6.20. The molecule has 26 heavy (non-hydrogen) atoms. The molecule has 2 N–H and O–H groups in total. The molecule has 0 heterocycles. The van der Waals surface area contributed by atoms with E-state index in [2.05, 4.69) is 0 Å². The Labute approximate surface area is 152 Å². The number of ether oxygens (including phenoxy) is 1. The fourth-order valence-corrected chi connectivity index (χ4v) is 3.36. The van der Waals surface area contributed by atoms with Crippen LogP contribution in [0.5, 0.6) is 11.5 Å². The average molecular weight is 354 g/mol. The molecule has 0 unspecified atom stereocenters. The number of phenols is 2. The van der Waals surface area contributed by atoms with Crippen LogP contribution < -0.4 is 0 Å². The van der Waals surface area contributed by atoms with Crippen molar-refractivity contribution in [3.8, 4) is 11.5 Å². The summed E-state index contributed by atoms with van der Waals surface area (Å²) in [5.41, 5.74) is 1.66. The lowest BCUT2D eigenvalue weighted by molar-refractivity contribution is 0.0472. The Morgan fingerprint density at radius 3 is 2.31 bits per heavy atom. The molecular weight excluding hydrogens is 332 g/mol. The second-order valence-corrected chi connectivity index (χ2v) is 6.66. The van der Waals surface area contributed by atoms with Crippen molar-refractivity contribution < 1.29 is 24.5 Å². The molecule has 1 fully saturated rings. The standard InChI is InChI=1S/C21H22O5/c22-17-10-11-18(19(23)12-17)21(25)26-13-20(24)16-8-6-15(7-9-16)14-4-2-1-3-5-14/h6-12,14,22-23H,1-5,13H2. The smallest absolute Gasteiger partial charge is 0.342 e. The fourth-order valence-electron chi connectivity index (χ4n) is 3.36. The first-order valence-corrected chi connectivity index (χ1v) is 8.87. The lowest BCUT2D eigenvalue weighted by Crippen LogP contribution is -2.14. The van der Waals surface area contributed by atoms with Gasteiger partial charge in [0.05, 0.1) is 0 Å². The van der Waals surface area contributed by atoms with E-state index in [-0.39, 0.29) is 22.8 Å². The van der Waals surface area contributed by atoms with Crippen LogP contribution in [-0.2, 0) is 4.74 Å². The zero-order valence-electron chi connectivity index (χ0n) is 14.5. The molecule has 0 saturated heterocycles. The lowest BCUT2D eigenvalue weighted by Gasteiger charge is -2.22. The topological polar surface area (TPSA) is 83.8 Å². The van der Waals surface area contributed by atoms with Gasteiger partial charge in [-0.2, -0.15) is 0 Å². The number of rotatable bonds is 5. The molecule has 1 saturated carbocycles. The van der Waals surface area contributed by atoms with E-state index in [0.29, 0.717) is 11.5 Å². The average Bonchev–Trinajstić information content (AvgIpc) is 2.66. The van der Waals surface area contributed by atoms with Gasteiger partial charge in [-0.05, 0) is 36.5 Å². The zero-order valence-corrected chi connectivity index (χ0v) is 14.5. The summed E-state index contributed by atoms with van der Waals surface area (Å²) in [7, 11) is 0. The van der Waals surface area contributed by atoms with Crippen LogP contribution in [-0.4, -0.2) is 28.6 Å². The van der Waals surface area contributed by atoms with Crippen LogP contribution in [0.15, 0.2) is 42.5 Å². The second-order valence-electron chi connectivity index (χ2n) is 6.66. The molecule has 0 atom stereocenters. The molecular formula is C21H22O5. The van der Waals surface area contributed by atoms with Crippen molar-refractivity contribution in [3.05, 3.63) is 59.2 Å². The first kappa shape index (κ1) is 18.0. The number of phenolic OH excluding ortho intramolecular Hbond substituents is 2. The monoisotopic (exact) mass is 354 g/mol. The zero-order chi connectivity index (χ0) is 18.5. The number of benzene rings is 2. The number of carbonyl (C=O) groups excluding carboxylic acids is 2. The number of ketones is 1. The first-order chi connectivity index (χ1) is 12.5. The van der Waals surface area contributed by atoms with Crippen molar-refractivity contribution in [2.75, 3.05) is 6.61 Å². The Kier molecular flexibility index (Phi) is 5.56. The van der Waals surface area contributed by atoms with Crippen molar-refractivity contribution in [2.45, 2.75) is 38.0 Å². The van der Waals surface area contributed by atoms with Crippen molar-refractivity contribution in [2.24, 2.45) is 0 Å². The Morgan fingerprint density at radius 2 is 1.65 bits per heavy atom. The van der Waals surface area contributed by atoms with Gasteiger partial charge >= 0.3 is 5.97 Å². The van der Waals surface area contributed by atoms with E-state index in [1.54, 1.807) is 12.1 Å². The minimum atomic E-state index is -0.810. The Balaban J connectivity index is 1.58. The van der Waals surface area contributed by atoms with Gasteiger partial charge in [0.1, 0.15) is 17.1 Å². The summed E-state index contributed by atoms with van der Waals surface area (Å²) in [5.74, 6) is -1.09. The third-order valence-corrected chi connectivity index (χ3v) is 4.84. The maximum Gasteiger partial charge on any atom is 0.342 e. The van der Waals surface area contributed by atoms with Gasteiger partial charge in [-0.3, -0.25) is 4.79 Å². The molecule has 5 heteroatoms. The molecule has 0 radical (unpaired) electrons. The second kappa shape index (κ2) is 8.04. The molecule has 1 aliphatic carbocycles. The van der Waals surface area contributed by atoms with Crippen molar-refractivity contribution in [3.63, 3.8) is 0 Å². The van der Waals surface area contributed by atoms with Gasteiger partial charge in [-0.1, -0.05) is 43.5 Å². The summed E-state index contributed by atoms with van der Waals surface area (Å²) in [4.78, 5) is 24.2. The maximum absolute atomic E-state index is 12.2. The number of hydrogen-bond donors (Lipinski definition) is 2. The summed E-state index contributed by atoms with van der Waals surface area (Å²) in [6.45, 7) is -0.401. The van der Waals surface area contributed by atoms with Gasteiger partial charge in [0.25, 0.3) is 0 Å². The van der Waals surface area contributed by atoms with E-state index in [4.69, 9.17) is 4.74 Å². The highest BCUT2D eigenvalue weighted by Gasteiger charge is 2.18. The van der Waals surface area contributed by atoms with Crippen LogP contribution in [0, 0.1) is 0 Å². The van der Waals surface area contributed by atoms with Gasteiger partial charge in [0.2, 0.25) is 0 Å². The highest BCUT2D eigenvalue weighted by Crippen LogP contribution is 2.32. The lowest BCUT2D eigenvalue weighted by atomic mass is 9.84. The number of esters is 1. The maximum atomic E-state index is 12.2. The van der Waals surface area contributed by atoms with E-state index < -0.39 is 12.6 Å². The third-order valence-electron chi connectivity index (χ3n) is 4.84. The predicted octanol–water partition coefficient (Wildman–Crippen LogP) is 4.19. The third kappa shape index (κ3) is 4.23. The molecule has 0 spiro atoms. The van der Waals surface area contributed by atoms with E-state index in [1.165, 1.54) is 49.8 Å². The first-order valence-electron chi connectivity index (χ1n) is 8.87. The van der Waals surface area contributed by atoms with E-state index in [9.17, 15) is 19.8 Å². The van der Waals surface area contributed by atoms with Crippen molar-refractivity contribution >= 4 is 11.8 Å². The summed E-state index contributed by atoms with van der Waals surface area (Å²) >= 11 is 0. The summed E-state index contributed by atoms with van der Waals surface area (Å²) in [5, 5.41) is 18.9. The molecule has 0 aromatic heterocycles. The molecule has 0 aliphatic heterocycles. The van der Waals surface area contributed by atoms with Crippen LogP contribution in [0.3, 0.4) is 0 Å². The van der Waals surface area contributed by atoms with Crippen LogP contribution in [0.4, 0.5) is 0 Å². The number of carbonyl (C=O) groups is 2. The van der Waals surface area contributed by atoms with Crippen LogP contribution in [0.2, 0.25) is 0 Å². The van der Waals surface area contributed by atoms with Crippen molar-refractivity contribution in [1.29, 1.82) is 0 Å². The van der Waals surface area contributed by atoms with Crippen LogP contribution in [0.25, 0.3) is 0 Å². The molecule has 2 aromatic rings. The Bertz CT molecular complexity index is 789. The molecule has 1 aliphatic rings. The van der Waals surface area contributed by atoms with Gasteiger partial charge in [-0.15, -0.1) is 0 Å². The van der Waals surface area contributed by atoms with Gasteiger partial charge in [-0.25, -0.2) is 4.79 Å². The van der Waals surface area contributed by atoms with E-state index >= 15 is 0 Å². The summed E-state index contributed by atoms with van der Waals surface area (Å²) in [6, 6.07) is 11.1. The molecule has 2 aromatic carbocycles. The predicted molar refractivity (Wildman–Crippen MR) is 96.7 cm³/mol. The number of Topliss-reactive ketones (excluding diaryl/α,β-unsaturated/α-hetero) is 1. The molecule has 3 rings (SSSR count). The number of aromatic hydroxyl groups is 2. The highest BCUT2D eigenvalue weighted by molar-refractivity contribution is 6.00. The van der Waals surface area contributed by atoms with Crippen molar-refractivity contribution in [1.82, 2.24) is 0 Å². The van der Waals surface area contributed by atoms with E-state index in [0.717, 1.165) is 6.07 Å². The Morgan fingerprint density at radius 1 is 0.962 bits per heavy atom. The van der Waals surface area contributed by atoms with Gasteiger partial charge < -0.3 is 14.9 Å². The van der Waals surface area contributed by atoms with E-state index in [1.807, 2.05) is 12.1 Å². The SMILES string of the molecule is O=C(COC(=O)c1ccc(O)cc1O)c1ccc(C2CCCCC2)cc1. The fraction of sp³-hybridized carbons (Fsp3) is 0.333. The largest absolute Gasteiger partial charge is 0.508 e. The van der Waals surface area contributed by atoms with Gasteiger partial charge in [0.15, 0.2) is 12.4 Å². The molecule has 0 bridgehead atoms. The normalized spacial score (nSPS) is 14.8. The minimum absolute atomic E-state index is 0.0942.